The van der Waals surface area contributed by atoms with Crippen molar-refractivity contribution in [3.63, 3.8) is 0 Å². The molecule has 1 aromatic rings. The van der Waals surface area contributed by atoms with Crippen LogP contribution >= 0.6 is 7.37 Å². The van der Waals surface area contributed by atoms with E-state index >= 15 is 0 Å². The largest absolute Gasteiger partial charge is 0.496 e. The van der Waals surface area contributed by atoms with Crippen molar-refractivity contribution in [1.29, 1.82) is 0 Å². The fourth-order valence-electron chi connectivity index (χ4n) is 1.06. The van der Waals surface area contributed by atoms with Crippen molar-refractivity contribution in [2.45, 2.75) is 0 Å². The molecule has 0 aromatic heterocycles. The third kappa shape index (κ3) is 3.40. The van der Waals surface area contributed by atoms with Gasteiger partial charge in [0, 0.05) is 13.3 Å². The zero-order valence-electron chi connectivity index (χ0n) is 8.89. The van der Waals surface area contributed by atoms with Crippen LogP contribution in [0.15, 0.2) is 24.3 Å². The Labute approximate surface area is 88.7 Å². The lowest BCUT2D eigenvalue weighted by Gasteiger charge is -2.10. The van der Waals surface area contributed by atoms with E-state index in [-0.39, 0.29) is 5.56 Å². The van der Waals surface area contributed by atoms with Gasteiger partial charge in [-0.05, 0) is 12.1 Å². The maximum absolute atomic E-state index is 11.6. The standard InChI is InChI=1S/C10H13O4P/c1-13-9-7-5-4-6-8(9)10(11)14-15(2,3)12/h4-7H,1-3H3. The third-order valence-electron chi connectivity index (χ3n) is 1.63. The van der Waals surface area contributed by atoms with Gasteiger partial charge in [-0.15, -0.1) is 0 Å². The van der Waals surface area contributed by atoms with E-state index in [1.807, 2.05) is 0 Å². The highest BCUT2D eigenvalue weighted by Gasteiger charge is 2.18. The Hall–Kier alpha value is -1.28. The molecule has 0 radical (unpaired) electrons. The molecule has 0 aliphatic carbocycles. The molecule has 0 spiro atoms. The van der Waals surface area contributed by atoms with Crippen molar-refractivity contribution in [3.8, 4) is 5.75 Å². The number of ether oxygens (including phenoxy) is 1. The summed E-state index contributed by atoms with van der Waals surface area (Å²) in [5.41, 5.74) is 0.281. The molecule has 1 rings (SSSR count). The van der Waals surface area contributed by atoms with Crippen molar-refractivity contribution in [1.82, 2.24) is 0 Å². The van der Waals surface area contributed by atoms with Crippen LogP contribution in [-0.2, 0) is 9.09 Å². The number of para-hydroxylation sites is 1. The number of rotatable bonds is 3. The van der Waals surface area contributed by atoms with Gasteiger partial charge < -0.3 is 9.26 Å². The van der Waals surface area contributed by atoms with Gasteiger partial charge >= 0.3 is 5.97 Å². The Balaban J connectivity index is 2.96. The van der Waals surface area contributed by atoms with Gasteiger partial charge in [0.15, 0.2) is 0 Å². The minimum absolute atomic E-state index is 0.281. The Morgan fingerprint density at radius 1 is 1.27 bits per heavy atom. The molecular formula is C10H13O4P. The summed E-state index contributed by atoms with van der Waals surface area (Å²) in [7, 11) is -1.36. The highest BCUT2D eigenvalue weighted by atomic mass is 31.2. The van der Waals surface area contributed by atoms with E-state index in [0.717, 1.165) is 0 Å². The Kier molecular flexibility index (Phi) is 3.53. The van der Waals surface area contributed by atoms with Crippen molar-refractivity contribution in [2.75, 3.05) is 20.4 Å². The second kappa shape index (κ2) is 4.49. The normalized spacial score (nSPS) is 10.9. The Morgan fingerprint density at radius 2 is 1.87 bits per heavy atom. The van der Waals surface area contributed by atoms with E-state index in [1.165, 1.54) is 20.4 Å². The van der Waals surface area contributed by atoms with E-state index in [1.54, 1.807) is 24.3 Å². The van der Waals surface area contributed by atoms with Crippen molar-refractivity contribution in [3.05, 3.63) is 29.8 Å². The van der Waals surface area contributed by atoms with Crippen molar-refractivity contribution in [2.24, 2.45) is 0 Å². The van der Waals surface area contributed by atoms with Crippen LogP contribution in [0.4, 0.5) is 0 Å². The Bertz CT molecular complexity index is 408. The molecule has 1 aromatic carbocycles. The molecule has 0 atom stereocenters. The zero-order valence-corrected chi connectivity index (χ0v) is 9.78. The minimum atomic E-state index is -2.82. The molecule has 0 aliphatic heterocycles. The van der Waals surface area contributed by atoms with Crippen LogP contribution in [0.25, 0.3) is 0 Å². The molecule has 0 heterocycles. The maximum Gasteiger partial charge on any atom is 0.346 e. The second-order valence-electron chi connectivity index (χ2n) is 3.33. The first-order valence-corrected chi connectivity index (χ1v) is 6.88. The fraction of sp³-hybridized carbons (Fsp3) is 0.300. The number of carbonyl (C=O) groups excluding carboxylic acids is 1. The van der Waals surface area contributed by atoms with Gasteiger partial charge in [-0.25, -0.2) is 4.79 Å². The van der Waals surface area contributed by atoms with Crippen LogP contribution in [0, 0.1) is 0 Å². The van der Waals surface area contributed by atoms with E-state index in [9.17, 15) is 9.36 Å². The molecule has 0 amide bonds. The summed E-state index contributed by atoms with van der Waals surface area (Å²) in [5.74, 6) is -0.211. The van der Waals surface area contributed by atoms with Crippen molar-refractivity contribution < 1.29 is 18.6 Å². The highest BCUT2D eigenvalue weighted by molar-refractivity contribution is 7.57. The molecule has 82 valence electrons. The molecule has 0 bridgehead atoms. The van der Waals surface area contributed by atoms with Gasteiger partial charge in [-0.3, -0.25) is 4.57 Å². The fourth-order valence-corrected chi connectivity index (χ4v) is 1.56. The lowest BCUT2D eigenvalue weighted by molar-refractivity contribution is 0.0740. The first-order valence-electron chi connectivity index (χ1n) is 4.36. The molecular weight excluding hydrogens is 215 g/mol. The average Bonchev–Trinajstić information content (AvgIpc) is 2.15. The van der Waals surface area contributed by atoms with Gasteiger partial charge in [0.1, 0.15) is 11.3 Å². The summed E-state index contributed by atoms with van der Waals surface area (Å²) >= 11 is 0. The number of carbonyl (C=O) groups is 1. The van der Waals surface area contributed by atoms with E-state index in [4.69, 9.17) is 9.26 Å². The van der Waals surface area contributed by atoms with Gasteiger partial charge in [-0.2, -0.15) is 0 Å². The molecule has 4 nitrogen and oxygen atoms in total. The van der Waals surface area contributed by atoms with E-state index in [2.05, 4.69) is 0 Å². The van der Waals surface area contributed by atoms with Crippen LogP contribution in [0.1, 0.15) is 10.4 Å². The van der Waals surface area contributed by atoms with Gasteiger partial charge in [0.25, 0.3) is 0 Å². The van der Waals surface area contributed by atoms with Crippen LogP contribution in [0.5, 0.6) is 5.75 Å². The molecule has 15 heavy (non-hydrogen) atoms. The number of hydrogen-bond acceptors (Lipinski definition) is 4. The number of hydrogen-bond donors (Lipinski definition) is 0. The number of benzene rings is 1. The zero-order chi connectivity index (χ0) is 11.5. The van der Waals surface area contributed by atoms with Gasteiger partial charge in [0.05, 0.1) is 7.11 Å². The average molecular weight is 228 g/mol. The lowest BCUT2D eigenvalue weighted by Crippen LogP contribution is -2.04. The summed E-state index contributed by atoms with van der Waals surface area (Å²) in [6.07, 6.45) is 0. The monoisotopic (exact) mass is 228 g/mol. The second-order valence-corrected chi connectivity index (χ2v) is 6.02. The molecule has 0 fully saturated rings. The van der Waals surface area contributed by atoms with Crippen LogP contribution in [0.3, 0.4) is 0 Å². The smallest absolute Gasteiger partial charge is 0.346 e. The Morgan fingerprint density at radius 3 is 2.40 bits per heavy atom. The van der Waals surface area contributed by atoms with Crippen molar-refractivity contribution >= 4 is 13.3 Å². The minimum Gasteiger partial charge on any atom is -0.496 e. The summed E-state index contributed by atoms with van der Waals surface area (Å²) in [5, 5.41) is 0. The number of methoxy groups -OCH3 is 1. The SMILES string of the molecule is COc1ccccc1C(=O)OP(C)(C)=O. The highest BCUT2D eigenvalue weighted by Crippen LogP contribution is 2.39. The van der Waals surface area contributed by atoms with Crippen LogP contribution in [-0.4, -0.2) is 26.4 Å². The molecule has 0 saturated heterocycles. The quantitative estimate of drug-likeness (QED) is 0.745. The molecule has 0 unspecified atom stereocenters. The van der Waals surface area contributed by atoms with Crippen LogP contribution in [0.2, 0.25) is 0 Å². The predicted octanol–water partition coefficient (Wildman–Crippen LogP) is 2.39. The maximum atomic E-state index is 11.6. The summed E-state index contributed by atoms with van der Waals surface area (Å²) in [4.78, 5) is 11.6. The molecule has 0 saturated carbocycles. The molecule has 0 aliphatic rings. The lowest BCUT2D eigenvalue weighted by atomic mass is 10.2. The topological polar surface area (TPSA) is 52.6 Å². The van der Waals surface area contributed by atoms with Crippen LogP contribution < -0.4 is 4.74 Å². The summed E-state index contributed by atoms with van der Waals surface area (Å²) in [6, 6.07) is 6.64. The van der Waals surface area contributed by atoms with E-state index in [0.29, 0.717) is 5.75 Å². The predicted molar refractivity (Wildman–Crippen MR) is 57.9 cm³/mol. The third-order valence-corrected chi connectivity index (χ3v) is 2.24. The summed E-state index contributed by atoms with van der Waals surface area (Å²) in [6.45, 7) is 2.78. The molecule has 0 N–H and O–H groups in total. The van der Waals surface area contributed by atoms with Gasteiger partial charge in [-0.1, -0.05) is 12.1 Å². The van der Waals surface area contributed by atoms with E-state index < -0.39 is 13.3 Å². The first kappa shape index (κ1) is 11.8. The first-order chi connectivity index (χ1) is 6.94. The molecule has 5 heteroatoms. The van der Waals surface area contributed by atoms with Gasteiger partial charge in [0.2, 0.25) is 7.37 Å². The summed E-state index contributed by atoms with van der Waals surface area (Å²) < 4.78 is 21.1.